The molecule has 2 aliphatic rings. The number of aromatic nitrogens is 1. The molecule has 3 N–H and O–H groups in total. The van der Waals surface area contributed by atoms with E-state index in [4.69, 9.17) is 11.6 Å². The molecule has 0 saturated carbocycles. The van der Waals surface area contributed by atoms with E-state index in [9.17, 15) is 9.90 Å². The zero-order valence-electron chi connectivity index (χ0n) is 17.3. The molecule has 1 unspecified atom stereocenters. The molecule has 0 bridgehead atoms. The predicted molar refractivity (Wildman–Crippen MR) is 125 cm³/mol. The fraction of sp³-hybridized carbons (Fsp3) is 0.348. The number of amides is 1. The highest BCUT2D eigenvalue weighted by molar-refractivity contribution is 6.31. The third-order valence-electron chi connectivity index (χ3n) is 6.24. The molecule has 2 aliphatic heterocycles. The number of fused-ring (bicyclic) bond motifs is 2. The van der Waals surface area contributed by atoms with Crippen molar-refractivity contribution in [3.05, 3.63) is 58.1 Å². The first kappa shape index (κ1) is 22.1. The summed E-state index contributed by atoms with van der Waals surface area (Å²) in [7, 11) is 0. The van der Waals surface area contributed by atoms with Crippen molar-refractivity contribution >= 4 is 40.8 Å². The number of nitrogens with zero attached hydrogens (tertiary/aromatic N) is 2. The zero-order chi connectivity index (χ0) is 20.8. The number of aromatic amines is 1. The van der Waals surface area contributed by atoms with Crippen molar-refractivity contribution in [3.8, 4) is 11.3 Å². The molecule has 0 radical (unpaired) electrons. The Kier molecular flexibility index (Phi) is 6.28. The van der Waals surface area contributed by atoms with Crippen molar-refractivity contribution < 1.29 is 9.90 Å². The van der Waals surface area contributed by atoms with Gasteiger partial charge in [0.1, 0.15) is 6.23 Å². The quantitative estimate of drug-likeness (QED) is 0.557. The van der Waals surface area contributed by atoms with E-state index < -0.39 is 6.23 Å². The Morgan fingerprint density at radius 2 is 1.94 bits per heavy atom. The number of hydrogen-bond acceptors (Lipinski definition) is 4. The van der Waals surface area contributed by atoms with Crippen LogP contribution in [0.4, 0.5) is 0 Å². The molecule has 5 rings (SSSR count). The second-order valence-electron chi connectivity index (χ2n) is 8.16. The summed E-state index contributed by atoms with van der Waals surface area (Å²) in [6, 6.07) is 12.5. The fourth-order valence-electron chi connectivity index (χ4n) is 4.57. The SMILES string of the molecule is CC(=O)N1CCN(Cc2ccc3[nH]c(-c4ccc(Cl)c5c4C(O)NC5)cc3c2)CC1.Cl. The molecule has 2 aromatic carbocycles. The molecule has 31 heavy (non-hydrogen) atoms. The van der Waals surface area contributed by atoms with Crippen molar-refractivity contribution in [2.75, 3.05) is 26.2 Å². The van der Waals surface area contributed by atoms with E-state index >= 15 is 0 Å². The third-order valence-corrected chi connectivity index (χ3v) is 6.60. The van der Waals surface area contributed by atoms with Crippen LogP contribution in [-0.2, 0) is 17.9 Å². The Bertz CT molecular complexity index is 1120. The van der Waals surface area contributed by atoms with E-state index in [2.05, 4.69) is 39.5 Å². The summed E-state index contributed by atoms with van der Waals surface area (Å²) in [6.07, 6.45) is -0.704. The van der Waals surface area contributed by atoms with Gasteiger partial charge in [-0.3, -0.25) is 15.0 Å². The number of nitrogens with one attached hydrogen (secondary N) is 2. The summed E-state index contributed by atoms with van der Waals surface area (Å²) in [5.41, 5.74) is 6.10. The molecular formula is C23H26Cl2N4O2. The number of aliphatic hydroxyl groups excluding tert-OH is 1. The van der Waals surface area contributed by atoms with Crippen LogP contribution in [0.3, 0.4) is 0 Å². The van der Waals surface area contributed by atoms with Gasteiger partial charge in [-0.2, -0.15) is 0 Å². The maximum atomic E-state index is 11.5. The molecule has 0 spiro atoms. The summed E-state index contributed by atoms with van der Waals surface area (Å²) in [5.74, 6) is 0.157. The molecule has 0 aliphatic carbocycles. The van der Waals surface area contributed by atoms with Gasteiger partial charge in [-0.15, -0.1) is 12.4 Å². The second kappa shape index (κ2) is 8.81. The Morgan fingerprint density at radius 1 is 1.16 bits per heavy atom. The van der Waals surface area contributed by atoms with Gasteiger partial charge < -0.3 is 15.0 Å². The molecule has 1 aromatic heterocycles. The van der Waals surface area contributed by atoms with E-state index in [1.165, 1.54) is 5.56 Å². The summed E-state index contributed by atoms with van der Waals surface area (Å²) in [6.45, 7) is 6.48. The maximum Gasteiger partial charge on any atom is 0.219 e. The Hall–Kier alpha value is -2.09. The molecule has 3 heterocycles. The van der Waals surface area contributed by atoms with Gasteiger partial charge in [-0.05, 0) is 35.4 Å². The lowest BCUT2D eigenvalue weighted by molar-refractivity contribution is -0.130. The van der Waals surface area contributed by atoms with Gasteiger partial charge in [-0.25, -0.2) is 0 Å². The van der Waals surface area contributed by atoms with Gasteiger partial charge in [-0.1, -0.05) is 23.7 Å². The van der Waals surface area contributed by atoms with Crippen LogP contribution in [0.1, 0.15) is 29.8 Å². The highest BCUT2D eigenvalue weighted by atomic mass is 35.5. The van der Waals surface area contributed by atoms with Gasteiger partial charge in [0.25, 0.3) is 0 Å². The lowest BCUT2D eigenvalue weighted by Gasteiger charge is -2.34. The average Bonchev–Trinajstić information content (AvgIpc) is 3.33. The van der Waals surface area contributed by atoms with Gasteiger partial charge in [0.15, 0.2) is 0 Å². The largest absolute Gasteiger partial charge is 0.374 e. The summed E-state index contributed by atoms with van der Waals surface area (Å²) in [4.78, 5) is 19.3. The lowest BCUT2D eigenvalue weighted by Crippen LogP contribution is -2.47. The normalized spacial score (nSPS) is 18.8. The van der Waals surface area contributed by atoms with E-state index in [0.29, 0.717) is 11.6 Å². The molecule has 1 atom stereocenters. The summed E-state index contributed by atoms with van der Waals surface area (Å²) >= 11 is 6.33. The van der Waals surface area contributed by atoms with Gasteiger partial charge in [0.05, 0.1) is 0 Å². The van der Waals surface area contributed by atoms with Crippen LogP contribution in [0.15, 0.2) is 36.4 Å². The summed E-state index contributed by atoms with van der Waals surface area (Å²) < 4.78 is 0. The first-order valence-electron chi connectivity index (χ1n) is 10.3. The van der Waals surface area contributed by atoms with Crippen molar-refractivity contribution in [2.45, 2.75) is 26.2 Å². The summed E-state index contributed by atoms with van der Waals surface area (Å²) in [5, 5.41) is 15.3. The highest BCUT2D eigenvalue weighted by Gasteiger charge is 2.26. The van der Waals surface area contributed by atoms with E-state index in [1.807, 2.05) is 17.0 Å². The number of rotatable bonds is 3. The van der Waals surface area contributed by atoms with Gasteiger partial charge >= 0.3 is 0 Å². The Morgan fingerprint density at radius 3 is 2.68 bits per heavy atom. The minimum absolute atomic E-state index is 0. The first-order chi connectivity index (χ1) is 14.5. The minimum Gasteiger partial charge on any atom is -0.374 e. The van der Waals surface area contributed by atoms with Crippen LogP contribution >= 0.6 is 24.0 Å². The minimum atomic E-state index is -0.704. The Balaban J connectivity index is 0.00000231. The smallest absolute Gasteiger partial charge is 0.219 e. The van der Waals surface area contributed by atoms with Crippen LogP contribution in [0, 0.1) is 0 Å². The highest BCUT2D eigenvalue weighted by Crippen LogP contribution is 2.38. The molecule has 1 amide bonds. The molecule has 1 saturated heterocycles. The number of hydrogen-bond donors (Lipinski definition) is 3. The van der Waals surface area contributed by atoms with E-state index in [0.717, 1.165) is 66.0 Å². The average molecular weight is 461 g/mol. The van der Waals surface area contributed by atoms with Crippen LogP contribution in [0.2, 0.25) is 5.02 Å². The van der Waals surface area contributed by atoms with E-state index in [1.54, 1.807) is 6.92 Å². The number of aliphatic hydroxyl groups is 1. The van der Waals surface area contributed by atoms with Crippen LogP contribution in [0.5, 0.6) is 0 Å². The topological polar surface area (TPSA) is 71.6 Å². The maximum absolute atomic E-state index is 11.5. The number of piperazine rings is 1. The first-order valence-corrected chi connectivity index (χ1v) is 10.7. The zero-order valence-corrected chi connectivity index (χ0v) is 18.9. The predicted octanol–water partition coefficient (Wildman–Crippen LogP) is 3.67. The van der Waals surface area contributed by atoms with Crippen molar-refractivity contribution in [2.24, 2.45) is 0 Å². The van der Waals surface area contributed by atoms with Crippen LogP contribution in [-0.4, -0.2) is 52.0 Å². The number of H-pyrrole nitrogens is 1. The van der Waals surface area contributed by atoms with Crippen molar-refractivity contribution in [3.63, 3.8) is 0 Å². The second-order valence-corrected chi connectivity index (χ2v) is 8.56. The number of carbonyl (C=O) groups excluding carboxylic acids is 1. The van der Waals surface area contributed by atoms with Crippen LogP contribution < -0.4 is 5.32 Å². The number of carbonyl (C=O) groups is 1. The molecule has 8 heteroatoms. The molecule has 3 aromatic rings. The molecular weight excluding hydrogens is 435 g/mol. The third kappa shape index (κ3) is 4.19. The van der Waals surface area contributed by atoms with Crippen LogP contribution in [0.25, 0.3) is 22.2 Å². The number of halogens is 2. The molecule has 1 fully saturated rings. The monoisotopic (exact) mass is 460 g/mol. The standard InChI is InChI=1S/C23H25ClN4O2.ClH/c1-14(29)28-8-6-27(7-9-28)13-15-2-5-20-16(10-15)11-21(26-20)17-3-4-19(24)18-12-25-23(30)22(17)18;/h2-5,10-11,23,25-26,30H,6-9,12-13H2,1H3;1H. The fourth-order valence-corrected chi connectivity index (χ4v) is 4.80. The van der Waals surface area contributed by atoms with E-state index in [-0.39, 0.29) is 18.3 Å². The molecule has 164 valence electrons. The number of benzene rings is 2. The molecule has 6 nitrogen and oxygen atoms in total. The van der Waals surface area contributed by atoms with Gasteiger partial charge in [0, 0.05) is 78.9 Å². The Labute approximate surface area is 192 Å². The van der Waals surface area contributed by atoms with Crippen molar-refractivity contribution in [1.82, 2.24) is 20.1 Å². The van der Waals surface area contributed by atoms with Gasteiger partial charge in [0.2, 0.25) is 5.91 Å². The van der Waals surface area contributed by atoms with Crippen molar-refractivity contribution in [1.29, 1.82) is 0 Å². The lowest BCUT2D eigenvalue weighted by atomic mass is 10.00.